The Bertz CT molecular complexity index is 857. The molecule has 0 fully saturated rings. The second kappa shape index (κ2) is 5.96. The van der Waals surface area contributed by atoms with Crippen LogP contribution in [0.4, 0.5) is 10.1 Å². The number of nitrogens with zero attached hydrogens (tertiary/aromatic N) is 4. The zero-order valence-corrected chi connectivity index (χ0v) is 12.6. The number of carbonyl (C=O) groups excluding carboxylic acids is 1. The van der Waals surface area contributed by atoms with Gasteiger partial charge in [0.05, 0.1) is 29.5 Å². The lowest BCUT2D eigenvalue weighted by atomic mass is 10.3. The minimum atomic E-state index is -0.395. The molecule has 6 nitrogen and oxygen atoms in total. The molecule has 0 saturated heterocycles. The molecule has 0 saturated carbocycles. The highest BCUT2D eigenvalue weighted by atomic mass is 19.1. The van der Waals surface area contributed by atoms with Gasteiger partial charge in [-0.1, -0.05) is 12.1 Å². The van der Waals surface area contributed by atoms with Gasteiger partial charge in [0.25, 0.3) is 5.91 Å². The van der Waals surface area contributed by atoms with E-state index in [1.54, 1.807) is 32.0 Å². The molecular weight excluding hydrogens is 297 g/mol. The predicted octanol–water partition coefficient (Wildman–Crippen LogP) is 2.67. The first kappa shape index (κ1) is 14.8. The van der Waals surface area contributed by atoms with Crippen molar-refractivity contribution in [2.45, 2.75) is 13.8 Å². The van der Waals surface area contributed by atoms with Crippen molar-refractivity contribution in [3.8, 4) is 5.69 Å². The van der Waals surface area contributed by atoms with Crippen molar-refractivity contribution in [1.29, 1.82) is 0 Å². The summed E-state index contributed by atoms with van der Waals surface area (Å²) in [7, 11) is 0. The van der Waals surface area contributed by atoms with Crippen LogP contribution in [-0.4, -0.2) is 25.7 Å². The van der Waals surface area contributed by atoms with Crippen molar-refractivity contribution in [3.63, 3.8) is 0 Å². The van der Waals surface area contributed by atoms with E-state index in [1.165, 1.54) is 29.3 Å². The fraction of sp³-hybridized carbons (Fsp3) is 0.125. The number of amides is 1. The van der Waals surface area contributed by atoms with Crippen molar-refractivity contribution < 1.29 is 9.18 Å². The third-order valence-corrected chi connectivity index (χ3v) is 3.35. The number of anilines is 1. The molecule has 2 heterocycles. The number of para-hydroxylation sites is 1. The van der Waals surface area contributed by atoms with E-state index in [4.69, 9.17) is 0 Å². The highest BCUT2D eigenvalue weighted by molar-refractivity contribution is 6.02. The summed E-state index contributed by atoms with van der Waals surface area (Å²) in [6.07, 6.45) is 4.40. The number of aryl methyl sites for hydroxylation is 1. The maximum atomic E-state index is 13.9. The molecule has 0 atom stereocenters. The Kier molecular flexibility index (Phi) is 3.84. The average Bonchev–Trinajstić information content (AvgIpc) is 2.89. The molecular formula is C16H14FN5O. The highest BCUT2D eigenvalue weighted by Gasteiger charge is 2.15. The van der Waals surface area contributed by atoms with Crippen LogP contribution in [-0.2, 0) is 0 Å². The number of benzene rings is 1. The van der Waals surface area contributed by atoms with E-state index >= 15 is 0 Å². The SMILES string of the molecule is Cc1cnc(C(=O)Nc2cnn(-c3ccccc3F)c2C)cn1. The third kappa shape index (κ3) is 2.94. The van der Waals surface area contributed by atoms with Gasteiger partial charge >= 0.3 is 0 Å². The van der Waals surface area contributed by atoms with E-state index in [1.807, 2.05) is 0 Å². The molecule has 2 aromatic heterocycles. The molecule has 1 amide bonds. The van der Waals surface area contributed by atoms with Crippen LogP contribution in [0.5, 0.6) is 0 Å². The summed E-state index contributed by atoms with van der Waals surface area (Å²) < 4.78 is 15.3. The Balaban J connectivity index is 1.87. The Morgan fingerprint density at radius 2 is 1.91 bits per heavy atom. The smallest absolute Gasteiger partial charge is 0.275 e. The van der Waals surface area contributed by atoms with Crippen molar-refractivity contribution in [3.05, 3.63) is 65.8 Å². The number of aromatic nitrogens is 4. The van der Waals surface area contributed by atoms with Gasteiger partial charge in [0, 0.05) is 6.20 Å². The van der Waals surface area contributed by atoms with Gasteiger partial charge in [0.2, 0.25) is 0 Å². The number of carbonyl (C=O) groups is 1. The molecule has 0 aliphatic rings. The zero-order chi connectivity index (χ0) is 16.4. The van der Waals surface area contributed by atoms with Gasteiger partial charge in [-0.2, -0.15) is 5.10 Å². The molecule has 0 aliphatic heterocycles. The van der Waals surface area contributed by atoms with Crippen molar-refractivity contribution in [1.82, 2.24) is 19.7 Å². The van der Waals surface area contributed by atoms with Crippen LogP contribution < -0.4 is 5.32 Å². The number of hydrogen-bond donors (Lipinski definition) is 1. The summed E-state index contributed by atoms with van der Waals surface area (Å²) in [5, 5.41) is 6.84. The molecule has 0 unspecified atom stereocenters. The molecule has 3 rings (SSSR count). The second-order valence-electron chi connectivity index (χ2n) is 5.00. The van der Waals surface area contributed by atoms with Crippen LogP contribution in [0.15, 0.2) is 42.9 Å². The largest absolute Gasteiger partial charge is 0.318 e. The minimum absolute atomic E-state index is 0.202. The summed E-state index contributed by atoms with van der Waals surface area (Å²) in [6, 6.07) is 6.30. The first-order valence-corrected chi connectivity index (χ1v) is 6.96. The zero-order valence-electron chi connectivity index (χ0n) is 12.6. The van der Waals surface area contributed by atoms with Gasteiger partial charge in [-0.3, -0.25) is 9.78 Å². The molecule has 0 aliphatic carbocycles. The highest BCUT2D eigenvalue weighted by Crippen LogP contribution is 2.20. The monoisotopic (exact) mass is 311 g/mol. The van der Waals surface area contributed by atoms with Gasteiger partial charge in [0.1, 0.15) is 17.2 Å². The van der Waals surface area contributed by atoms with E-state index in [9.17, 15) is 9.18 Å². The van der Waals surface area contributed by atoms with E-state index in [0.717, 1.165) is 5.69 Å². The Hall–Kier alpha value is -3.09. The predicted molar refractivity (Wildman–Crippen MR) is 83.0 cm³/mol. The Labute approximate surface area is 132 Å². The lowest BCUT2D eigenvalue weighted by Crippen LogP contribution is -2.14. The fourth-order valence-corrected chi connectivity index (χ4v) is 2.09. The lowest BCUT2D eigenvalue weighted by Gasteiger charge is -2.07. The molecule has 7 heteroatoms. The van der Waals surface area contributed by atoms with E-state index < -0.39 is 5.91 Å². The summed E-state index contributed by atoms with van der Waals surface area (Å²) in [5.41, 5.74) is 2.35. The number of halogens is 1. The number of hydrogen-bond acceptors (Lipinski definition) is 4. The maximum Gasteiger partial charge on any atom is 0.275 e. The quantitative estimate of drug-likeness (QED) is 0.807. The van der Waals surface area contributed by atoms with Crippen molar-refractivity contribution in [2.24, 2.45) is 0 Å². The fourth-order valence-electron chi connectivity index (χ4n) is 2.09. The van der Waals surface area contributed by atoms with Crippen LogP contribution >= 0.6 is 0 Å². The summed E-state index contributed by atoms with van der Waals surface area (Å²) in [5.74, 6) is -0.783. The number of rotatable bonds is 3. The Morgan fingerprint density at radius 3 is 2.61 bits per heavy atom. The van der Waals surface area contributed by atoms with E-state index in [2.05, 4.69) is 20.4 Å². The second-order valence-corrected chi connectivity index (χ2v) is 5.00. The van der Waals surface area contributed by atoms with Gasteiger partial charge in [0.15, 0.2) is 0 Å². The van der Waals surface area contributed by atoms with Gasteiger partial charge in [-0.25, -0.2) is 14.1 Å². The van der Waals surface area contributed by atoms with Crippen LogP contribution in [0.25, 0.3) is 5.69 Å². The number of nitrogens with one attached hydrogen (secondary N) is 1. The standard InChI is InChI=1S/C16H14FN5O/c1-10-7-19-14(8-18-10)16(23)21-13-9-20-22(11(13)2)15-6-4-3-5-12(15)17/h3-9H,1-2H3,(H,21,23). The van der Waals surface area contributed by atoms with Crippen LogP contribution in [0, 0.1) is 19.7 Å². The van der Waals surface area contributed by atoms with E-state index in [-0.39, 0.29) is 11.5 Å². The lowest BCUT2D eigenvalue weighted by molar-refractivity contribution is 0.102. The molecule has 0 spiro atoms. The van der Waals surface area contributed by atoms with Crippen molar-refractivity contribution in [2.75, 3.05) is 5.32 Å². The molecule has 0 radical (unpaired) electrons. The molecule has 1 N–H and O–H groups in total. The van der Waals surface area contributed by atoms with Crippen LogP contribution in [0.1, 0.15) is 21.9 Å². The minimum Gasteiger partial charge on any atom is -0.318 e. The van der Waals surface area contributed by atoms with Gasteiger partial charge < -0.3 is 5.32 Å². The first-order valence-electron chi connectivity index (χ1n) is 6.96. The summed E-state index contributed by atoms with van der Waals surface area (Å²) >= 11 is 0. The van der Waals surface area contributed by atoms with Gasteiger partial charge in [-0.05, 0) is 26.0 Å². The molecule has 3 aromatic rings. The third-order valence-electron chi connectivity index (χ3n) is 3.35. The van der Waals surface area contributed by atoms with E-state index in [0.29, 0.717) is 17.1 Å². The molecule has 0 bridgehead atoms. The first-order chi connectivity index (χ1) is 11.1. The van der Waals surface area contributed by atoms with Gasteiger partial charge in [-0.15, -0.1) is 0 Å². The molecule has 116 valence electrons. The average molecular weight is 311 g/mol. The summed E-state index contributed by atoms with van der Waals surface area (Å²) in [4.78, 5) is 20.2. The Morgan fingerprint density at radius 1 is 1.13 bits per heavy atom. The normalized spacial score (nSPS) is 10.6. The van der Waals surface area contributed by atoms with Crippen LogP contribution in [0.3, 0.4) is 0 Å². The maximum absolute atomic E-state index is 13.9. The summed E-state index contributed by atoms with van der Waals surface area (Å²) in [6.45, 7) is 3.53. The van der Waals surface area contributed by atoms with Crippen molar-refractivity contribution >= 4 is 11.6 Å². The topological polar surface area (TPSA) is 72.7 Å². The molecule has 23 heavy (non-hydrogen) atoms. The molecule has 1 aromatic carbocycles. The van der Waals surface area contributed by atoms with Crippen LogP contribution in [0.2, 0.25) is 0 Å².